The number of carbonyl (C=O) groups is 1. The standard InChI is InChI=1S/C19H13Cl2IN2O3S/c20-14-5-2-11(22)8-13(14)18(26)24-19(28)23-16-7-10(1-4-15(16)21)17-6-3-12(9-25)27-17/h1-8,25H,9H2,(H2,23,24,26,28). The quantitative estimate of drug-likeness (QED) is 0.298. The summed E-state index contributed by atoms with van der Waals surface area (Å²) in [6.45, 7) is -0.185. The number of nitrogens with one attached hydrogen (secondary N) is 2. The highest BCUT2D eigenvalue weighted by Crippen LogP contribution is 2.30. The van der Waals surface area contributed by atoms with Gasteiger partial charge in [-0.25, -0.2) is 0 Å². The predicted molar refractivity (Wildman–Crippen MR) is 123 cm³/mol. The van der Waals surface area contributed by atoms with Crippen LogP contribution >= 0.6 is 58.0 Å². The number of hydrogen-bond acceptors (Lipinski definition) is 4. The first-order chi connectivity index (χ1) is 13.4. The SMILES string of the molecule is O=C(NC(=S)Nc1cc(-c2ccc(CO)o2)ccc1Cl)c1cc(I)ccc1Cl. The third kappa shape index (κ3) is 5.03. The minimum Gasteiger partial charge on any atom is -0.459 e. The number of carbonyl (C=O) groups excluding carboxylic acids is 1. The van der Waals surface area contributed by atoms with Crippen molar-refractivity contribution in [1.82, 2.24) is 5.32 Å². The van der Waals surface area contributed by atoms with Crippen LogP contribution < -0.4 is 10.6 Å². The Balaban J connectivity index is 1.75. The molecule has 28 heavy (non-hydrogen) atoms. The molecule has 0 bridgehead atoms. The van der Waals surface area contributed by atoms with Gasteiger partial charge >= 0.3 is 0 Å². The first-order valence-corrected chi connectivity index (χ1v) is 10.2. The lowest BCUT2D eigenvalue weighted by molar-refractivity contribution is 0.0978. The summed E-state index contributed by atoms with van der Waals surface area (Å²) in [4.78, 5) is 12.4. The number of furan rings is 1. The zero-order valence-electron chi connectivity index (χ0n) is 14.1. The molecule has 1 amide bonds. The van der Waals surface area contributed by atoms with Crippen LogP contribution in [0.5, 0.6) is 0 Å². The first kappa shape index (κ1) is 21.1. The molecule has 1 heterocycles. The Labute approximate surface area is 190 Å². The van der Waals surface area contributed by atoms with Gasteiger partial charge in [0.05, 0.1) is 21.3 Å². The van der Waals surface area contributed by atoms with E-state index in [1.807, 2.05) is 0 Å². The molecule has 0 unspecified atom stereocenters. The van der Waals surface area contributed by atoms with Crippen molar-refractivity contribution in [3.05, 3.63) is 73.5 Å². The molecule has 2 aromatic carbocycles. The van der Waals surface area contributed by atoms with E-state index in [0.29, 0.717) is 32.8 Å². The minimum atomic E-state index is -0.424. The molecule has 3 N–H and O–H groups in total. The summed E-state index contributed by atoms with van der Waals surface area (Å²) in [7, 11) is 0. The average Bonchev–Trinajstić information content (AvgIpc) is 3.14. The predicted octanol–water partition coefficient (Wildman–Crippen LogP) is 5.48. The number of halogens is 3. The summed E-state index contributed by atoms with van der Waals surface area (Å²) in [6, 6.07) is 13.8. The van der Waals surface area contributed by atoms with Gasteiger partial charge in [0.2, 0.25) is 0 Å². The molecule has 0 atom stereocenters. The lowest BCUT2D eigenvalue weighted by Gasteiger charge is -2.12. The molecule has 0 saturated carbocycles. The van der Waals surface area contributed by atoms with Gasteiger partial charge < -0.3 is 14.8 Å². The highest BCUT2D eigenvalue weighted by atomic mass is 127. The Hall–Kier alpha value is -1.65. The summed E-state index contributed by atoms with van der Waals surface area (Å²) in [5.41, 5.74) is 1.56. The summed E-state index contributed by atoms with van der Waals surface area (Å²) in [5.74, 6) is 0.605. The zero-order valence-corrected chi connectivity index (χ0v) is 18.6. The van der Waals surface area contributed by atoms with Crippen molar-refractivity contribution in [2.75, 3.05) is 5.32 Å². The van der Waals surface area contributed by atoms with E-state index in [9.17, 15) is 4.79 Å². The number of anilines is 1. The molecule has 0 aliphatic carbocycles. The molecule has 0 spiro atoms. The molecule has 144 valence electrons. The van der Waals surface area contributed by atoms with Gasteiger partial charge in [0.15, 0.2) is 5.11 Å². The molecule has 0 saturated heterocycles. The Kier molecular flexibility index (Phi) is 6.95. The number of thiocarbonyl (C=S) groups is 1. The van der Waals surface area contributed by atoms with Gasteiger partial charge in [-0.3, -0.25) is 10.1 Å². The fourth-order valence-electron chi connectivity index (χ4n) is 2.39. The van der Waals surface area contributed by atoms with Gasteiger partial charge in [-0.15, -0.1) is 0 Å². The molecule has 5 nitrogen and oxygen atoms in total. The maximum Gasteiger partial charge on any atom is 0.258 e. The van der Waals surface area contributed by atoms with Crippen molar-refractivity contribution in [2.45, 2.75) is 6.61 Å². The second-order valence-corrected chi connectivity index (χ2v) is 8.12. The molecule has 0 radical (unpaired) electrons. The van der Waals surface area contributed by atoms with Crippen molar-refractivity contribution < 1.29 is 14.3 Å². The average molecular weight is 547 g/mol. The molecule has 0 fully saturated rings. The van der Waals surface area contributed by atoms with Crippen molar-refractivity contribution in [3.63, 3.8) is 0 Å². The Morgan fingerprint density at radius 1 is 1.11 bits per heavy atom. The van der Waals surface area contributed by atoms with Gasteiger partial charge in [-0.05, 0) is 83.3 Å². The second-order valence-electron chi connectivity index (χ2n) is 5.65. The van der Waals surface area contributed by atoms with Crippen molar-refractivity contribution in [3.8, 4) is 11.3 Å². The highest BCUT2D eigenvalue weighted by Gasteiger charge is 2.14. The molecule has 0 aliphatic heterocycles. The van der Waals surface area contributed by atoms with Crippen LogP contribution in [0.3, 0.4) is 0 Å². The van der Waals surface area contributed by atoms with Gasteiger partial charge in [0.25, 0.3) is 5.91 Å². The van der Waals surface area contributed by atoms with E-state index >= 15 is 0 Å². The van der Waals surface area contributed by atoms with E-state index in [1.165, 1.54) is 0 Å². The van der Waals surface area contributed by atoms with Crippen LogP contribution in [0.15, 0.2) is 52.9 Å². The third-order valence-corrected chi connectivity index (χ3v) is 5.25. The third-order valence-electron chi connectivity index (χ3n) is 3.72. The van der Waals surface area contributed by atoms with Crippen LogP contribution in [0.1, 0.15) is 16.1 Å². The molecular formula is C19H13Cl2IN2O3S. The zero-order chi connectivity index (χ0) is 20.3. The number of benzene rings is 2. The lowest BCUT2D eigenvalue weighted by Crippen LogP contribution is -2.34. The summed E-state index contributed by atoms with van der Waals surface area (Å²) >= 11 is 19.6. The Morgan fingerprint density at radius 2 is 1.86 bits per heavy atom. The number of hydrogen-bond donors (Lipinski definition) is 3. The smallest absolute Gasteiger partial charge is 0.258 e. The number of aliphatic hydroxyl groups is 1. The number of rotatable bonds is 4. The van der Waals surface area contributed by atoms with Crippen molar-refractivity contribution in [1.29, 1.82) is 0 Å². The Bertz CT molecular complexity index is 1060. The van der Waals surface area contributed by atoms with Crippen LogP contribution in [-0.2, 0) is 6.61 Å². The maximum atomic E-state index is 12.4. The van der Waals surface area contributed by atoms with Gasteiger partial charge in [0, 0.05) is 9.13 Å². The minimum absolute atomic E-state index is 0.0782. The van der Waals surface area contributed by atoms with Gasteiger partial charge in [-0.2, -0.15) is 0 Å². The number of aliphatic hydroxyl groups excluding tert-OH is 1. The molecule has 3 aromatic rings. The molecule has 3 rings (SSSR count). The molecular weight excluding hydrogens is 534 g/mol. The largest absolute Gasteiger partial charge is 0.459 e. The second kappa shape index (κ2) is 9.23. The monoisotopic (exact) mass is 546 g/mol. The topological polar surface area (TPSA) is 74.5 Å². The van der Waals surface area contributed by atoms with E-state index in [1.54, 1.807) is 48.5 Å². The van der Waals surface area contributed by atoms with Gasteiger partial charge in [0.1, 0.15) is 18.1 Å². The fourth-order valence-corrected chi connectivity index (χ4v) is 3.45. The highest BCUT2D eigenvalue weighted by molar-refractivity contribution is 14.1. The number of amides is 1. The van der Waals surface area contributed by atoms with E-state index in [2.05, 4.69) is 33.2 Å². The summed E-state index contributed by atoms with van der Waals surface area (Å²) in [5, 5.41) is 15.5. The van der Waals surface area contributed by atoms with Crippen LogP contribution in [0.4, 0.5) is 5.69 Å². The van der Waals surface area contributed by atoms with Crippen molar-refractivity contribution in [2.24, 2.45) is 0 Å². The maximum absolute atomic E-state index is 12.4. The summed E-state index contributed by atoms with van der Waals surface area (Å²) < 4.78 is 6.40. The normalized spacial score (nSPS) is 10.6. The van der Waals surface area contributed by atoms with Crippen molar-refractivity contribution >= 4 is 74.7 Å². The van der Waals surface area contributed by atoms with Gasteiger partial charge in [-0.1, -0.05) is 23.2 Å². The van der Waals surface area contributed by atoms with E-state index in [4.69, 9.17) is 44.9 Å². The molecule has 0 aliphatic rings. The van der Waals surface area contributed by atoms with Crippen LogP contribution in [0, 0.1) is 3.57 Å². The van der Waals surface area contributed by atoms with E-state index in [-0.39, 0.29) is 11.7 Å². The van der Waals surface area contributed by atoms with Crippen LogP contribution in [-0.4, -0.2) is 16.1 Å². The molecule has 1 aromatic heterocycles. The van der Waals surface area contributed by atoms with E-state index < -0.39 is 5.91 Å². The molecule has 9 heteroatoms. The summed E-state index contributed by atoms with van der Waals surface area (Å²) in [6.07, 6.45) is 0. The lowest BCUT2D eigenvalue weighted by atomic mass is 10.1. The van der Waals surface area contributed by atoms with E-state index in [0.717, 1.165) is 9.13 Å². The fraction of sp³-hybridized carbons (Fsp3) is 0.0526. The van der Waals surface area contributed by atoms with Crippen LogP contribution in [0.25, 0.3) is 11.3 Å². The van der Waals surface area contributed by atoms with Crippen LogP contribution in [0.2, 0.25) is 10.0 Å². The first-order valence-electron chi connectivity index (χ1n) is 7.94. The Morgan fingerprint density at radius 3 is 2.57 bits per heavy atom.